The summed E-state index contributed by atoms with van der Waals surface area (Å²) in [6.07, 6.45) is 2.13. The van der Waals surface area contributed by atoms with Crippen LogP contribution in [0.5, 0.6) is 5.75 Å². The number of hydrogen-bond donors (Lipinski definition) is 1. The molecule has 15 heavy (non-hydrogen) atoms. The molecule has 1 aromatic carbocycles. The molecule has 1 aliphatic rings. The van der Waals surface area contributed by atoms with E-state index in [1.54, 1.807) is 12.1 Å². The molecule has 0 aliphatic heterocycles. The number of rotatable bonds is 3. The Balaban J connectivity index is 1.81. The van der Waals surface area contributed by atoms with Gasteiger partial charge in [-0.25, -0.2) is 0 Å². The van der Waals surface area contributed by atoms with E-state index in [0.29, 0.717) is 17.5 Å². The fraction of sp³-hybridized carbons (Fsp3) is 0.417. The number of nitrogens with zero attached hydrogens (tertiary/aromatic N) is 1. The van der Waals surface area contributed by atoms with Crippen LogP contribution in [-0.2, 0) is 0 Å². The van der Waals surface area contributed by atoms with Crippen molar-refractivity contribution >= 4 is 0 Å². The molecular formula is C12H14N2O. The lowest BCUT2D eigenvalue weighted by Gasteiger charge is -2.32. The van der Waals surface area contributed by atoms with E-state index in [9.17, 15) is 0 Å². The van der Waals surface area contributed by atoms with Gasteiger partial charge in [-0.2, -0.15) is 5.26 Å². The summed E-state index contributed by atoms with van der Waals surface area (Å²) in [7, 11) is 0. The molecule has 2 rings (SSSR count). The highest BCUT2D eigenvalue weighted by Crippen LogP contribution is 2.26. The molecule has 3 nitrogen and oxygen atoms in total. The van der Waals surface area contributed by atoms with E-state index in [-0.39, 0.29) is 0 Å². The van der Waals surface area contributed by atoms with E-state index in [1.165, 1.54) is 0 Å². The van der Waals surface area contributed by atoms with Crippen molar-refractivity contribution in [3.63, 3.8) is 0 Å². The van der Waals surface area contributed by atoms with Gasteiger partial charge in [-0.05, 0) is 43.0 Å². The third kappa shape index (κ3) is 2.48. The maximum absolute atomic E-state index is 8.62. The maximum Gasteiger partial charge on any atom is 0.119 e. The fourth-order valence-electron chi connectivity index (χ4n) is 1.76. The van der Waals surface area contributed by atoms with Crippen LogP contribution in [0.4, 0.5) is 0 Å². The highest BCUT2D eigenvalue weighted by atomic mass is 16.5. The molecule has 0 saturated heterocycles. The summed E-state index contributed by atoms with van der Waals surface area (Å²) in [4.78, 5) is 0. The molecule has 1 aliphatic carbocycles. The van der Waals surface area contributed by atoms with Gasteiger partial charge in [-0.15, -0.1) is 0 Å². The number of nitrogens with two attached hydrogens (primary N) is 1. The van der Waals surface area contributed by atoms with Gasteiger partial charge in [0.15, 0.2) is 0 Å². The molecule has 78 valence electrons. The molecule has 3 heteroatoms. The second-order valence-electron chi connectivity index (χ2n) is 4.04. The molecule has 1 aromatic rings. The topological polar surface area (TPSA) is 59.0 Å². The first-order valence-electron chi connectivity index (χ1n) is 5.16. The van der Waals surface area contributed by atoms with Crippen molar-refractivity contribution in [3.05, 3.63) is 29.8 Å². The van der Waals surface area contributed by atoms with Crippen LogP contribution in [0.25, 0.3) is 0 Å². The van der Waals surface area contributed by atoms with Crippen LogP contribution in [0.1, 0.15) is 18.4 Å². The zero-order chi connectivity index (χ0) is 10.7. The third-order valence-corrected chi connectivity index (χ3v) is 2.74. The fourth-order valence-corrected chi connectivity index (χ4v) is 1.76. The lowest BCUT2D eigenvalue weighted by molar-refractivity contribution is 0.160. The van der Waals surface area contributed by atoms with Gasteiger partial charge in [-0.3, -0.25) is 0 Å². The predicted molar refractivity (Wildman–Crippen MR) is 57.4 cm³/mol. The Bertz CT molecular complexity index is 360. The zero-order valence-electron chi connectivity index (χ0n) is 8.52. The zero-order valence-corrected chi connectivity index (χ0v) is 8.52. The highest BCUT2D eigenvalue weighted by molar-refractivity contribution is 5.34. The van der Waals surface area contributed by atoms with Crippen molar-refractivity contribution in [1.82, 2.24) is 0 Å². The summed E-state index contributed by atoms with van der Waals surface area (Å²) < 4.78 is 5.59. The van der Waals surface area contributed by atoms with E-state index in [1.807, 2.05) is 12.1 Å². The van der Waals surface area contributed by atoms with Gasteiger partial charge >= 0.3 is 0 Å². The summed E-state index contributed by atoms with van der Waals surface area (Å²) in [5.74, 6) is 1.44. The molecule has 0 radical (unpaired) electrons. The van der Waals surface area contributed by atoms with Crippen molar-refractivity contribution in [3.8, 4) is 11.8 Å². The average Bonchev–Trinajstić information content (AvgIpc) is 2.23. The highest BCUT2D eigenvalue weighted by Gasteiger charge is 2.26. The summed E-state index contributed by atoms with van der Waals surface area (Å²) in [6, 6.07) is 9.64. The van der Waals surface area contributed by atoms with Crippen molar-refractivity contribution in [2.24, 2.45) is 11.7 Å². The lowest BCUT2D eigenvalue weighted by Crippen LogP contribution is -2.39. The summed E-state index contributed by atoms with van der Waals surface area (Å²) in [5.41, 5.74) is 6.34. The van der Waals surface area contributed by atoms with Gasteiger partial charge in [-0.1, -0.05) is 0 Å². The second-order valence-corrected chi connectivity index (χ2v) is 4.04. The first-order chi connectivity index (χ1) is 7.28. The molecule has 0 amide bonds. The summed E-state index contributed by atoms with van der Waals surface area (Å²) >= 11 is 0. The Morgan fingerprint density at radius 2 is 2.00 bits per heavy atom. The van der Waals surface area contributed by atoms with E-state index in [0.717, 1.165) is 25.2 Å². The first kappa shape index (κ1) is 10.0. The minimum absolute atomic E-state index is 0.375. The van der Waals surface area contributed by atoms with Gasteiger partial charge in [0.1, 0.15) is 5.75 Å². The smallest absolute Gasteiger partial charge is 0.119 e. The van der Waals surface area contributed by atoms with Gasteiger partial charge < -0.3 is 10.5 Å². The Labute approximate surface area is 89.5 Å². The Morgan fingerprint density at radius 1 is 1.33 bits per heavy atom. The predicted octanol–water partition coefficient (Wildman–Crippen LogP) is 1.67. The second kappa shape index (κ2) is 4.33. The molecule has 0 atom stereocenters. The molecule has 1 saturated carbocycles. The van der Waals surface area contributed by atoms with Gasteiger partial charge in [0, 0.05) is 6.04 Å². The van der Waals surface area contributed by atoms with Crippen LogP contribution < -0.4 is 10.5 Å². The van der Waals surface area contributed by atoms with Crippen molar-refractivity contribution < 1.29 is 4.74 Å². The lowest BCUT2D eigenvalue weighted by atomic mass is 9.82. The number of ether oxygens (including phenoxy) is 1. The van der Waals surface area contributed by atoms with E-state index < -0.39 is 0 Å². The first-order valence-corrected chi connectivity index (χ1v) is 5.16. The third-order valence-electron chi connectivity index (χ3n) is 2.74. The largest absolute Gasteiger partial charge is 0.493 e. The maximum atomic E-state index is 8.62. The van der Waals surface area contributed by atoms with Gasteiger partial charge in [0.25, 0.3) is 0 Å². The number of benzene rings is 1. The molecule has 0 unspecified atom stereocenters. The molecular weight excluding hydrogens is 188 g/mol. The van der Waals surface area contributed by atoms with E-state index >= 15 is 0 Å². The normalized spacial score (nSPS) is 24.0. The molecule has 1 fully saturated rings. The van der Waals surface area contributed by atoms with E-state index in [2.05, 4.69) is 6.07 Å². The van der Waals surface area contributed by atoms with Crippen LogP contribution in [0.2, 0.25) is 0 Å². The van der Waals surface area contributed by atoms with Gasteiger partial charge in [0.05, 0.1) is 18.2 Å². The number of hydrogen-bond acceptors (Lipinski definition) is 3. The molecule has 0 spiro atoms. The SMILES string of the molecule is N#Cc1ccc(OC[C@H]2C[C@@H](N)C2)cc1. The van der Waals surface area contributed by atoms with Crippen LogP contribution in [0.3, 0.4) is 0 Å². The van der Waals surface area contributed by atoms with Crippen LogP contribution in [-0.4, -0.2) is 12.6 Å². The molecule has 0 aromatic heterocycles. The molecule has 0 bridgehead atoms. The van der Waals surface area contributed by atoms with Crippen molar-refractivity contribution in [1.29, 1.82) is 5.26 Å². The summed E-state index contributed by atoms with van der Waals surface area (Å²) in [5, 5.41) is 8.62. The summed E-state index contributed by atoms with van der Waals surface area (Å²) in [6.45, 7) is 0.736. The minimum atomic E-state index is 0.375. The quantitative estimate of drug-likeness (QED) is 0.811. The standard InChI is InChI=1S/C12H14N2O/c13-7-9-1-3-12(4-2-9)15-8-10-5-11(14)6-10/h1-4,10-11H,5-6,8,14H2/t10-,11+. The monoisotopic (exact) mass is 202 g/mol. The average molecular weight is 202 g/mol. The van der Waals surface area contributed by atoms with Crippen LogP contribution in [0.15, 0.2) is 24.3 Å². The van der Waals surface area contributed by atoms with Gasteiger partial charge in [0.2, 0.25) is 0 Å². The Kier molecular flexibility index (Phi) is 2.89. The van der Waals surface area contributed by atoms with Crippen molar-refractivity contribution in [2.75, 3.05) is 6.61 Å². The van der Waals surface area contributed by atoms with Crippen molar-refractivity contribution in [2.45, 2.75) is 18.9 Å². The van der Waals surface area contributed by atoms with Crippen LogP contribution >= 0.6 is 0 Å². The minimum Gasteiger partial charge on any atom is -0.493 e. The Morgan fingerprint density at radius 3 is 2.53 bits per heavy atom. The molecule has 2 N–H and O–H groups in total. The Hall–Kier alpha value is -1.53. The van der Waals surface area contributed by atoms with E-state index in [4.69, 9.17) is 15.7 Å². The van der Waals surface area contributed by atoms with Crippen LogP contribution in [0, 0.1) is 17.2 Å². The molecule has 0 heterocycles. The number of nitriles is 1.